The molecular weight excluding hydrogens is 286 g/mol. The topological polar surface area (TPSA) is 55.4 Å². The number of sulfone groups is 1. The van der Waals surface area contributed by atoms with E-state index in [1.54, 1.807) is 19.1 Å². The number of benzene rings is 1. The van der Waals surface area contributed by atoms with Gasteiger partial charge in [0.15, 0.2) is 9.84 Å². The molecule has 3 rings (SSSR count). The second-order valence-electron chi connectivity index (χ2n) is 6.59. The van der Waals surface area contributed by atoms with Crippen molar-refractivity contribution in [3.63, 3.8) is 0 Å². The largest absolute Gasteiger partial charge is 0.380 e. The van der Waals surface area contributed by atoms with Gasteiger partial charge in [-0.2, -0.15) is 0 Å². The first kappa shape index (κ1) is 14.9. The summed E-state index contributed by atoms with van der Waals surface area (Å²) in [6.07, 6.45) is 1.35. The maximum absolute atomic E-state index is 12.2. The zero-order chi connectivity index (χ0) is 15.3. The molecule has 1 saturated carbocycles. The second kappa shape index (κ2) is 4.99. The minimum absolute atomic E-state index is 0.0320. The molecule has 0 bridgehead atoms. The summed E-state index contributed by atoms with van der Waals surface area (Å²) >= 11 is 0. The zero-order valence-electron chi connectivity index (χ0n) is 12.8. The van der Waals surface area contributed by atoms with Crippen molar-refractivity contribution in [2.24, 2.45) is 11.3 Å². The van der Waals surface area contributed by atoms with Crippen molar-refractivity contribution in [2.75, 3.05) is 17.7 Å². The van der Waals surface area contributed by atoms with Crippen molar-refractivity contribution in [3.8, 4) is 0 Å². The Bertz CT molecular complexity index is 639. The van der Waals surface area contributed by atoms with Crippen LogP contribution in [0.25, 0.3) is 0 Å². The van der Waals surface area contributed by atoms with Gasteiger partial charge < -0.3 is 10.1 Å². The molecule has 1 N–H and O–H groups in total. The van der Waals surface area contributed by atoms with Crippen molar-refractivity contribution in [3.05, 3.63) is 24.3 Å². The second-order valence-corrected chi connectivity index (χ2v) is 8.83. The van der Waals surface area contributed by atoms with Crippen molar-refractivity contribution >= 4 is 15.5 Å². The number of fused-ring (bicyclic) bond motifs is 1. The Morgan fingerprint density at radius 1 is 1.33 bits per heavy atom. The summed E-state index contributed by atoms with van der Waals surface area (Å²) in [7, 11) is -3.21. The quantitative estimate of drug-likeness (QED) is 0.929. The Morgan fingerprint density at radius 2 is 2.05 bits per heavy atom. The van der Waals surface area contributed by atoms with Gasteiger partial charge in [0.05, 0.1) is 22.4 Å². The van der Waals surface area contributed by atoms with Crippen molar-refractivity contribution in [1.82, 2.24) is 0 Å². The van der Waals surface area contributed by atoms with Crippen molar-refractivity contribution < 1.29 is 13.2 Å². The van der Waals surface area contributed by atoms with Crippen LogP contribution in [-0.4, -0.2) is 32.9 Å². The molecule has 5 heteroatoms. The van der Waals surface area contributed by atoms with Gasteiger partial charge in [0.25, 0.3) is 0 Å². The first-order chi connectivity index (χ1) is 9.88. The van der Waals surface area contributed by atoms with E-state index in [-0.39, 0.29) is 17.2 Å². The molecule has 4 nitrogen and oxygen atoms in total. The molecule has 0 radical (unpaired) electrons. The van der Waals surface area contributed by atoms with Gasteiger partial charge >= 0.3 is 0 Å². The molecule has 1 aromatic rings. The molecule has 1 aliphatic heterocycles. The Balaban J connectivity index is 1.90. The number of hydrogen-bond acceptors (Lipinski definition) is 4. The SMILES string of the molecule is CCS(=O)(=O)c1ccccc1NC1C2CCOC2C1(C)C. The number of rotatable bonds is 4. The molecule has 1 heterocycles. The van der Waals surface area contributed by atoms with Gasteiger partial charge in [-0.15, -0.1) is 0 Å². The maximum atomic E-state index is 12.2. The van der Waals surface area contributed by atoms with Gasteiger partial charge in [-0.25, -0.2) is 8.42 Å². The van der Waals surface area contributed by atoms with Crippen LogP contribution in [-0.2, 0) is 14.6 Å². The van der Waals surface area contributed by atoms with Gasteiger partial charge in [-0.1, -0.05) is 32.9 Å². The first-order valence-electron chi connectivity index (χ1n) is 7.58. The van der Waals surface area contributed by atoms with Gasteiger partial charge in [-0.3, -0.25) is 0 Å². The highest BCUT2D eigenvalue weighted by atomic mass is 32.2. The number of hydrogen-bond donors (Lipinski definition) is 1. The van der Waals surface area contributed by atoms with Gasteiger partial charge in [0.2, 0.25) is 0 Å². The maximum Gasteiger partial charge on any atom is 0.180 e. The van der Waals surface area contributed by atoms with Crippen LogP contribution in [0.2, 0.25) is 0 Å². The van der Waals surface area contributed by atoms with Gasteiger partial charge in [-0.05, 0) is 18.6 Å². The van der Waals surface area contributed by atoms with Gasteiger partial charge in [0, 0.05) is 24.0 Å². The lowest BCUT2D eigenvalue weighted by atomic mass is 9.57. The number of anilines is 1. The average Bonchev–Trinajstić information content (AvgIpc) is 2.92. The van der Waals surface area contributed by atoms with Crippen LogP contribution in [0.5, 0.6) is 0 Å². The van der Waals surface area contributed by atoms with Crippen LogP contribution in [0.4, 0.5) is 5.69 Å². The summed E-state index contributed by atoms with van der Waals surface area (Å²) in [5.41, 5.74) is 0.757. The van der Waals surface area contributed by atoms with E-state index in [4.69, 9.17) is 4.74 Å². The molecule has 3 atom stereocenters. The van der Waals surface area contributed by atoms with E-state index >= 15 is 0 Å². The molecule has 0 spiro atoms. The van der Waals surface area contributed by atoms with E-state index in [1.807, 2.05) is 12.1 Å². The molecule has 3 unspecified atom stereocenters. The van der Waals surface area contributed by atoms with Crippen molar-refractivity contribution in [2.45, 2.75) is 44.2 Å². The van der Waals surface area contributed by atoms with Crippen LogP contribution < -0.4 is 5.32 Å². The fourth-order valence-corrected chi connectivity index (χ4v) is 4.86. The van der Waals surface area contributed by atoms with Crippen LogP contribution in [0.1, 0.15) is 27.2 Å². The smallest absolute Gasteiger partial charge is 0.180 e. The Kier molecular flexibility index (Phi) is 3.53. The molecule has 1 saturated heterocycles. The van der Waals surface area contributed by atoms with Crippen LogP contribution in [0, 0.1) is 11.3 Å². The molecular formula is C16H23NO3S. The third-order valence-corrected chi connectivity index (χ3v) is 6.80. The number of ether oxygens (including phenoxy) is 1. The lowest BCUT2D eigenvalue weighted by Gasteiger charge is -2.55. The first-order valence-corrected chi connectivity index (χ1v) is 9.23. The third-order valence-electron chi connectivity index (χ3n) is 5.01. The van der Waals surface area contributed by atoms with Gasteiger partial charge in [0.1, 0.15) is 0 Å². The molecule has 116 valence electrons. The Labute approximate surface area is 126 Å². The zero-order valence-corrected chi connectivity index (χ0v) is 13.6. The van der Waals surface area contributed by atoms with Crippen LogP contribution in [0.15, 0.2) is 29.2 Å². The van der Waals surface area contributed by atoms with E-state index < -0.39 is 9.84 Å². The van der Waals surface area contributed by atoms with E-state index in [1.165, 1.54) is 0 Å². The van der Waals surface area contributed by atoms with E-state index in [2.05, 4.69) is 19.2 Å². The average molecular weight is 309 g/mol. The lowest BCUT2D eigenvalue weighted by Crippen LogP contribution is -2.63. The van der Waals surface area contributed by atoms with E-state index in [0.717, 1.165) is 18.7 Å². The normalized spacial score (nSPS) is 30.5. The van der Waals surface area contributed by atoms with Crippen LogP contribution in [0.3, 0.4) is 0 Å². The summed E-state index contributed by atoms with van der Waals surface area (Å²) in [4.78, 5) is 0.408. The Morgan fingerprint density at radius 3 is 2.76 bits per heavy atom. The summed E-state index contributed by atoms with van der Waals surface area (Å²) < 4.78 is 30.3. The molecule has 0 aromatic heterocycles. The molecule has 2 fully saturated rings. The molecule has 21 heavy (non-hydrogen) atoms. The summed E-state index contributed by atoms with van der Waals surface area (Å²) in [5.74, 6) is 0.604. The fourth-order valence-electron chi connectivity index (χ4n) is 3.80. The van der Waals surface area contributed by atoms with Crippen molar-refractivity contribution in [1.29, 1.82) is 0 Å². The molecule has 1 aliphatic carbocycles. The molecule has 0 amide bonds. The molecule has 1 aromatic carbocycles. The van der Waals surface area contributed by atoms with E-state index in [0.29, 0.717) is 16.9 Å². The molecule has 2 aliphatic rings. The Hall–Kier alpha value is -1.07. The summed E-state index contributed by atoms with van der Waals surface area (Å²) in [5, 5.41) is 3.49. The summed E-state index contributed by atoms with van der Waals surface area (Å²) in [6, 6.07) is 7.47. The standard InChI is InChI=1S/C16H23NO3S/c1-4-21(18,19)13-8-6-5-7-12(13)17-14-11-9-10-20-15(11)16(14,2)3/h5-8,11,14-15,17H,4,9-10H2,1-3H3. The summed E-state index contributed by atoms with van der Waals surface area (Å²) in [6.45, 7) is 6.87. The third kappa shape index (κ3) is 2.27. The fraction of sp³-hybridized carbons (Fsp3) is 0.625. The van der Waals surface area contributed by atoms with Crippen LogP contribution >= 0.6 is 0 Å². The predicted molar refractivity (Wildman–Crippen MR) is 83.2 cm³/mol. The highest BCUT2D eigenvalue weighted by Gasteiger charge is 2.59. The monoisotopic (exact) mass is 309 g/mol. The van der Waals surface area contributed by atoms with E-state index in [9.17, 15) is 8.42 Å². The number of para-hydroxylation sites is 1. The predicted octanol–water partition coefficient (Wildman–Crippen LogP) is 2.71. The minimum Gasteiger partial charge on any atom is -0.380 e. The minimum atomic E-state index is -3.21. The highest BCUT2D eigenvalue weighted by molar-refractivity contribution is 7.91. The lowest BCUT2D eigenvalue weighted by molar-refractivity contribution is -0.0923. The highest BCUT2D eigenvalue weighted by Crippen LogP contribution is 2.53. The number of nitrogens with one attached hydrogen (secondary N) is 1.